The second-order valence-electron chi connectivity index (χ2n) is 6.57. The van der Waals surface area contributed by atoms with E-state index in [1.54, 1.807) is 18.4 Å². The van der Waals surface area contributed by atoms with Gasteiger partial charge in [0.25, 0.3) is 5.91 Å². The highest BCUT2D eigenvalue weighted by Gasteiger charge is 2.31. The molecule has 2 aliphatic heterocycles. The highest BCUT2D eigenvalue weighted by molar-refractivity contribution is 7.21. The van der Waals surface area contributed by atoms with Gasteiger partial charge in [0.05, 0.1) is 34.6 Å². The number of rotatable bonds is 2. The van der Waals surface area contributed by atoms with Crippen molar-refractivity contribution in [3.63, 3.8) is 0 Å². The lowest BCUT2D eigenvalue weighted by Crippen LogP contribution is -2.35. The van der Waals surface area contributed by atoms with Crippen molar-refractivity contribution in [2.24, 2.45) is 4.99 Å². The molecule has 26 heavy (non-hydrogen) atoms. The summed E-state index contributed by atoms with van der Waals surface area (Å²) >= 11 is 1.62. The predicted octanol–water partition coefficient (Wildman–Crippen LogP) is 4.29. The van der Waals surface area contributed by atoms with E-state index < -0.39 is 0 Å². The molecular weight excluding hydrogens is 346 g/mol. The third-order valence-electron chi connectivity index (χ3n) is 5.02. The zero-order valence-electron chi connectivity index (χ0n) is 14.3. The summed E-state index contributed by atoms with van der Waals surface area (Å²) in [5, 5.41) is 0.920. The number of hydrogen-bond donors (Lipinski definition) is 0. The van der Waals surface area contributed by atoms with Crippen LogP contribution >= 0.6 is 11.3 Å². The molecular formula is C20H17N3O2S. The van der Waals surface area contributed by atoms with E-state index in [1.807, 2.05) is 47.5 Å². The normalized spacial score (nSPS) is 18.7. The molecule has 0 saturated carbocycles. The van der Waals surface area contributed by atoms with Crippen molar-refractivity contribution in [1.29, 1.82) is 0 Å². The Balaban J connectivity index is 1.58. The van der Waals surface area contributed by atoms with E-state index >= 15 is 0 Å². The van der Waals surface area contributed by atoms with E-state index in [-0.39, 0.29) is 11.9 Å². The van der Waals surface area contributed by atoms with E-state index in [0.717, 1.165) is 51.6 Å². The molecule has 1 aromatic heterocycles. The lowest BCUT2D eigenvalue weighted by molar-refractivity contribution is 0.0775. The summed E-state index contributed by atoms with van der Waals surface area (Å²) in [5.74, 6) is 0.908. The monoisotopic (exact) mass is 363 g/mol. The van der Waals surface area contributed by atoms with Crippen molar-refractivity contribution in [3.05, 3.63) is 42.0 Å². The molecule has 0 radical (unpaired) electrons. The van der Waals surface area contributed by atoms with Gasteiger partial charge >= 0.3 is 0 Å². The SMILES string of the molecule is COc1ccc2nc(-c3ccc4c(c3)N=C[C@@H]3CCCN3C4=O)sc2c1. The second-order valence-corrected chi connectivity index (χ2v) is 7.60. The van der Waals surface area contributed by atoms with E-state index in [0.29, 0.717) is 5.56 Å². The summed E-state index contributed by atoms with van der Waals surface area (Å²) in [5.41, 5.74) is 3.34. The van der Waals surface area contributed by atoms with Crippen LogP contribution in [-0.2, 0) is 0 Å². The Morgan fingerprint density at radius 2 is 2.15 bits per heavy atom. The maximum atomic E-state index is 12.8. The molecule has 0 spiro atoms. The lowest BCUT2D eigenvalue weighted by atomic mass is 10.1. The van der Waals surface area contributed by atoms with Gasteiger partial charge in [-0.3, -0.25) is 9.79 Å². The summed E-state index contributed by atoms with van der Waals surface area (Å²) in [7, 11) is 1.66. The van der Waals surface area contributed by atoms with Crippen molar-refractivity contribution in [2.45, 2.75) is 18.9 Å². The molecule has 1 amide bonds. The first-order chi connectivity index (χ1) is 12.7. The Bertz CT molecular complexity index is 1060. The molecule has 1 fully saturated rings. The summed E-state index contributed by atoms with van der Waals surface area (Å²) in [6.45, 7) is 0.816. The third-order valence-corrected chi connectivity index (χ3v) is 6.08. The van der Waals surface area contributed by atoms with Gasteiger partial charge in [-0.2, -0.15) is 0 Å². The molecule has 5 nitrogen and oxygen atoms in total. The predicted molar refractivity (Wildman–Crippen MR) is 104 cm³/mol. The number of ether oxygens (including phenoxy) is 1. The third kappa shape index (κ3) is 2.41. The van der Waals surface area contributed by atoms with Crippen molar-refractivity contribution in [1.82, 2.24) is 9.88 Å². The highest BCUT2D eigenvalue weighted by Crippen LogP contribution is 2.36. The van der Waals surface area contributed by atoms with Crippen LogP contribution in [0.5, 0.6) is 5.75 Å². The number of methoxy groups -OCH3 is 1. The maximum Gasteiger partial charge on any atom is 0.256 e. The first-order valence-corrected chi connectivity index (χ1v) is 9.49. The van der Waals surface area contributed by atoms with Crippen molar-refractivity contribution >= 4 is 39.4 Å². The quantitative estimate of drug-likeness (QED) is 0.682. The highest BCUT2D eigenvalue weighted by atomic mass is 32.1. The topological polar surface area (TPSA) is 54.8 Å². The molecule has 3 heterocycles. The van der Waals surface area contributed by atoms with E-state index in [2.05, 4.69) is 4.99 Å². The van der Waals surface area contributed by atoms with Crippen molar-refractivity contribution in [3.8, 4) is 16.3 Å². The summed E-state index contributed by atoms with van der Waals surface area (Å²) in [6, 6.07) is 11.8. The van der Waals surface area contributed by atoms with Crippen LogP contribution in [0.1, 0.15) is 23.2 Å². The number of carbonyl (C=O) groups excluding carboxylic acids is 1. The van der Waals surface area contributed by atoms with Gasteiger partial charge in [-0.1, -0.05) is 6.07 Å². The van der Waals surface area contributed by atoms with E-state index in [4.69, 9.17) is 9.72 Å². The molecule has 3 aromatic rings. The summed E-state index contributed by atoms with van der Waals surface area (Å²) in [4.78, 5) is 24.1. The smallest absolute Gasteiger partial charge is 0.256 e. The van der Waals surface area contributed by atoms with Gasteiger partial charge in [0.1, 0.15) is 10.8 Å². The van der Waals surface area contributed by atoms with Gasteiger partial charge in [-0.05, 0) is 43.2 Å². The molecule has 1 atom stereocenters. The van der Waals surface area contributed by atoms with Crippen LogP contribution in [0.4, 0.5) is 5.69 Å². The minimum absolute atomic E-state index is 0.0839. The van der Waals surface area contributed by atoms with Crippen molar-refractivity contribution < 1.29 is 9.53 Å². The molecule has 2 aromatic carbocycles. The molecule has 130 valence electrons. The Morgan fingerprint density at radius 1 is 1.23 bits per heavy atom. The molecule has 0 N–H and O–H groups in total. The van der Waals surface area contributed by atoms with Gasteiger partial charge in [0.15, 0.2) is 0 Å². The number of benzene rings is 2. The van der Waals surface area contributed by atoms with Gasteiger partial charge < -0.3 is 9.64 Å². The second kappa shape index (κ2) is 5.92. The van der Waals surface area contributed by atoms with Gasteiger partial charge in [0.2, 0.25) is 0 Å². The van der Waals surface area contributed by atoms with Crippen LogP contribution < -0.4 is 4.74 Å². The van der Waals surface area contributed by atoms with E-state index in [9.17, 15) is 4.79 Å². The number of thiazole rings is 1. The first kappa shape index (κ1) is 15.5. The van der Waals surface area contributed by atoms with Crippen LogP contribution in [0.15, 0.2) is 41.4 Å². The minimum Gasteiger partial charge on any atom is -0.497 e. The number of fused-ring (bicyclic) bond motifs is 3. The lowest BCUT2D eigenvalue weighted by Gasteiger charge is -2.19. The van der Waals surface area contributed by atoms with Crippen LogP contribution in [0.3, 0.4) is 0 Å². The number of aromatic nitrogens is 1. The largest absolute Gasteiger partial charge is 0.497 e. The zero-order valence-corrected chi connectivity index (χ0v) is 15.1. The molecule has 6 heteroatoms. The average molecular weight is 363 g/mol. The van der Waals surface area contributed by atoms with Crippen LogP contribution in [0, 0.1) is 0 Å². The zero-order chi connectivity index (χ0) is 17.7. The van der Waals surface area contributed by atoms with Gasteiger partial charge in [-0.25, -0.2) is 4.98 Å². The number of carbonyl (C=O) groups is 1. The van der Waals surface area contributed by atoms with Gasteiger partial charge in [-0.15, -0.1) is 11.3 Å². The fourth-order valence-electron chi connectivity index (χ4n) is 3.63. The van der Waals surface area contributed by atoms with Crippen LogP contribution in [0.25, 0.3) is 20.8 Å². The number of hydrogen-bond acceptors (Lipinski definition) is 5. The summed E-state index contributed by atoms with van der Waals surface area (Å²) in [6.07, 6.45) is 3.96. The molecule has 5 rings (SSSR count). The fraction of sp³-hybridized carbons (Fsp3) is 0.250. The van der Waals surface area contributed by atoms with Crippen LogP contribution in [0.2, 0.25) is 0 Å². The molecule has 0 unspecified atom stereocenters. The number of amides is 1. The van der Waals surface area contributed by atoms with Crippen molar-refractivity contribution in [2.75, 3.05) is 13.7 Å². The maximum absolute atomic E-state index is 12.8. The Morgan fingerprint density at radius 3 is 3.04 bits per heavy atom. The number of nitrogens with zero attached hydrogens (tertiary/aromatic N) is 3. The molecule has 0 bridgehead atoms. The minimum atomic E-state index is 0.0839. The first-order valence-electron chi connectivity index (χ1n) is 8.67. The molecule has 2 aliphatic rings. The number of aliphatic imine (C=N–C) groups is 1. The van der Waals surface area contributed by atoms with Crippen LogP contribution in [-0.4, -0.2) is 41.7 Å². The molecule has 1 saturated heterocycles. The Kier molecular flexibility index (Phi) is 3.53. The van der Waals surface area contributed by atoms with Gasteiger partial charge in [0, 0.05) is 18.3 Å². The Labute approximate surface area is 155 Å². The molecule has 0 aliphatic carbocycles. The fourth-order valence-corrected chi connectivity index (χ4v) is 4.62. The van der Waals surface area contributed by atoms with E-state index in [1.165, 1.54) is 0 Å². The Hall–Kier alpha value is -2.73. The average Bonchev–Trinajstić information content (AvgIpc) is 3.29. The standard InChI is InChI=1S/C20H17N3O2S/c1-25-14-5-7-16-18(10-14)26-19(22-16)12-4-6-15-17(9-12)21-11-13-3-2-8-23(13)20(15)24/h4-7,9-11,13H,2-3,8H2,1H3/t13-/m0/s1. The summed E-state index contributed by atoms with van der Waals surface area (Å²) < 4.78 is 6.37.